The van der Waals surface area contributed by atoms with Gasteiger partial charge in [0.25, 0.3) is 0 Å². The number of carbonyl (C=O) groups excluding carboxylic acids is 2. The van der Waals surface area contributed by atoms with Crippen LogP contribution < -0.4 is 26.5 Å². The molecule has 6 rings (SSSR count). The predicted octanol–water partition coefficient (Wildman–Crippen LogP) is -0.564. The number of likely N-dealkylation sites (tertiary alicyclic amines) is 1. The fourth-order valence-corrected chi connectivity index (χ4v) is 7.98. The summed E-state index contributed by atoms with van der Waals surface area (Å²) >= 11 is -0.193. The Kier molecular flexibility index (Phi) is 6.32. The second-order valence-electron chi connectivity index (χ2n) is 9.85. The van der Waals surface area contributed by atoms with Gasteiger partial charge < -0.3 is 0 Å². The van der Waals surface area contributed by atoms with Crippen LogP contribution in [-0.4, -0.2) is 60.5 Å². The number of alkyl halides is 1. The van der Waals surface area contributed by atoms with Crippen LogP contribution in [0.4, 0.5) is 0 Å². The number of nitrogens with zero attached hydrogens (tertiary/aromatic N) is 5. The van der Waals surface area contributed by atoms with Crippen molar-refractivity contribution in [3.05, 3.63) is 81.2 Å². The first-order valence-corrected chi connectivity index (χ1v) is 14.9. The third kappa shape index (κ3) is 4.68. The number of halogens is 1. The number of rotatable bonds is 6. The maximum absolute atomic E-state index is 13.4. The molecule has 2 fully saturated rings. The molecule has 186 valence electrons. The van der Waals surface area contributed by atoms with Gasteiger partial charge in [0.2, 0.25) is 0 Å². The summed E-state index contributed by atoms with van der Waals surface area (Å²) in [6, 6.07) is 9.77. The number of benzene rings is 1. The minimum atomic E-state index is -0.193. The molecule has 1 aromatic carbocycles. The van der Waals surface area contributed by atoms with E-state index in [0.29, 0.717) is 12.5 Å². The Labute approximate surface area is 220 Å². The molecule has 1 N–H and O–H groups in total. The van der Waals surface area contributed by atoms with Crippen LogP contribution in [0.5, 0.6) is 0 Å². The molecule has 2 amide bonds. The Morgan fingerprint density at radius 2 is 2.00 bits per heavy atom. The molecule has 1 saturated carbocycles. The first-order valence-electron chi connectivity index (χ1n) is 12.3. The molecule has 0 bridgehead atoms. The summed E-state index contributed by atoms with van der Waals surface area (Å²) in [6.07, 6.45) is 12.1. The van der Waals surface area contributed by atoms with Gasteiger partial charge in [0.05, 0.1) is 6.54 Å². The summed E-state index contributed by atoms with van der Waals surface area (Å²) in [5.74, 6) is 0.679. The van der Waals surface area contributed by atoms with E-state index < -0.39 is 0 Å². The summed E-state index contributed by atoms with van der Waals surface area (Å²) in [5.41, 5.74) is 4.03. The molecular formula is C27H28IN6O2-. The number of fused-ring (bicyclic) bond motifs is 1. The van der Waals surface area contributed by atoms with Crippen LogP contribution in [0, 0.1) is 14.9 Å². The number of aromatic nitrogens is 4. The molecule has 2 aromatic heterocycles. The third-order valence-corrected chi connectivity index (χ3v) is 10.7. The molecule has 36 heavy (non-hydrogen) atoms. The third-order valence-electron chi connectivity index (χ3n) is 7.74. The van der Waals surface area contributed by atoms with Gasteiger partial charge in [0, 0.05) is 0 Å². The van der Waals surface area contributed by atoms with Crippen LogP contribution in [0.2, 0.25) is 0 Å². The van der Waals surface area contributed by atoms with Crippen LogP contribution in [0.3, 0.4) is 0 Å². The van der Waals surface area contributed by atoms with Crippen molar-refractivity contribution in [3.63, 3.8) is 0 Å². The fourth-order valence-electron chi connectivity index (χ4n) is 5.45. The van der Waals surface area contributed by atoms with E-state index in [4.69, 9.17) is 0 Å². The topological polar surface area (TPSA) is 93.0 Å². The van der Waals surface area contributed by atoms with Gasteiger partial charge in [0.15, 0.2) is 0 Å². The number of piperidine rings is 1. The summed E-state index contributed by atoms with van der Waals surface area (Å²) in [6.45, 7) is 2.79. The van der Waals surface area contributed by atoms with E-state index in [9.17, 15) is 9.59 Å². The number of nitrogens with one attached hydrogen (secondary N) is 1. The number of pyridine rings is 1. The monoisotopic (exact) mass is 595 g/mol. The van der Waals surface area contributed by atoms with Crippen LogP contribution in [-0.2, 0) is 11.3 Å². The van der Waals surface area contributed by atoms with Crippen molar-refractivity contribution in [3.8, 4) is 0 Å². The molecule has 3 aliphatic rings. The van der Waals surface area contributed by atoms with Gasteiger partial charge in [-0.3, -0.25) is 0 Å². The zero-order valence-electron chi connectivity index (χ0n) is 19.9. The molecule has 3 aromatic rings. The van der Waals surface area contributed by atoms with E-state index in [-0.39, 0.29) is 38.4 Å². The Balaban J connectivity index is 1.02. The van der Waals surface area contributed by atoms with E-state index in [2.05, 4.69) is 20.4 Å². The first kappa shape index (κ1) is 23.3. The zero-order valence-corrected chi connectivity index (χ0v) is 22.1. The summed E-state index contributed by atoms with van der Waals surface area (Å²) in [4.78, 5) is 36.4. The molecule has 1 unspecified atom stereocenters. The Hall–Kier alpha value is -3.08. The van der Waals surface area contributed by atoms with Gasteiger partial charge in [-0.1, -0.05) is 18.2 Å². The van der Waals surface area contributed by atoms with Crippen LogP contribution in [0.25, 0.3) is 6.08 Å². The number of hydrogen-bond acceptors (Lipinski definition) is 5. The average Bonchev–Trinajstić information content (AvgIpc) is 3.31. The van der Waals surface area contributed by atoms with Gasteiger partial charge in [-0.2, -0.15) is 5.10 Å². The van der Waals surface area contributed by atoms with Crippen molar-refractivity contribution in [1.82, 2.24) is 30.0 Å². The van der Waals surface area contributed by atoms with Gasteiger partial charge in [-0.15, -0.1) is 0 Å². The zero-order chi connectivity index (χ0) is 24.5. The van der Waals surface area contributed by atoms with Crippen molar-refractivity contribution < 1.29 is 30.8 Å². The van der Waals surface area contributed by atoms with Gasteiger partial charge in [-0.05, 0) is 11.6 Å². The van der Waals surface area contributed by atoms with Crippen LogP contribution in [0.1, 0.15) is 40.7 Å². The first-order chi connectivity index (χ1) is 17.6. The summed E-state index contributed by atoms with van der Waals surface area (Å²) in [5, 5.41) is 7.38. The SMILES string of the molecule is O=C(NCC1CC12CCN(C(=O)c1ccccc1Cn1cncn1)CC2)C1=Cc2ccncc2[I-]C1. The Bertz CT molecular complexity index is 1310. The van der Waals surface area contributed by atoms with Crippen LogP contribution >= 0.6 is 0 Å². The standard InChI is InChI=1S/C27H28IN6O2/c35-25(21-11-19-5-8-29-15-24(19)28-13-21)31-14-22-12-27(22)6-9-33(10-7-27)26(36)23-4-2-1-3-20(23)16-34-18-30-17-32-34/h1-5,8,11,15,17-18,22H,6-7,9-10,12-14,16H2,(H,31,35)/q-1. The molecule has 1 saturated heterocycles. The van der Waals surface area contributed by atoms with E-state index >= 15 is 0 Å². The van der Waals surface area contributed by atoms with Crippen molar-refractivity contribution in [2.45, 2.75) is 25.8 Å². The molecule has 1 atom stereocenters. The van der Waals surface area contributed by atoms with E-state index in [0.717, 1.165) is 65.6 Å². The van der Waals surface area contributed by atoms with Crippen molar-refractivity contribution in [2.24, 2.45) is 11.3 Å². The quantitative estimate of drug-likeness (QED) is 0.305. The predicted molar refractivity (Wildman–Crippen MR) is 130 cm³/mol. The molecule has 8 nitrogen and oxygen atoms in total. The molecule has 2 aliphatic heterocycles. The van der Waals surface area contributed by atoms with Crippen molar-refractivity contribution in [1.29, 1.82) is 0 Å². The molecule has 0 radical (unpaired) electrons. The maximum atomic E-state index is 13.4. The number of carbonyl (C=O) groups is 2. The molecule has 4 heterocycles. The Morgan fingerprint density at radius 3 is 2.83 bits per heavy atom. The molecule has 9 heteroatoms. The second-order valence-corrected chi connectivity index (χ2v) is 12.5. The van der Waals surface area contributed by atoms with Gasteiger partial charge >= 0.3 is 157 Å². The molecular weight excluding hydrogens is 567 g/mol. The average molecular weight is 595 g/mol. The normalized spacial score (nSPS) is 20.2. The summed E-state index contributed by atoms with van der Waals surface area (Å²) in [7, 11) is 0. The fraction of sp³-hybridized carbons (Fsp3) is 0.370. The number of hydrogen-bond donors (Lipinski definition) is 1. The molecule has 1 spiro atoms. The summed E-state index contributed by atoms with van der Waals surface area (Å²) < 4.78 is 3.92. The van der Waals surface area contributed by atoms with Crippen LogP contribution in [0.15, 0.2) is 61.0 Å². The van der Waals surface area contributed by atoms with Gasteiger partial charge in [-0.25, -0.2) is 9.67 Å². The van der Waals surface area contributed by atoms with Crippen molar-refractivity contribution >= 4 is 17.9 Å². The van der Waals surface area contributed by atoms with Gasteiger partial charge in [0.1, 0.15) is 12.7 Å². The Morgan fingerprint density at radius 1 is 1.14 bits per heavy atom. The second kappa shape index (κ2) is 9.76. The number of amides is 2. The molecule has 1 aliphatic carbocycles. The minimum absolute atomic E-state index is 0.0795. The van der Waals surface area contributed by atoms with E-state index in [1.54, 1.807) is 17.2 Å². The van der Waals surface area contributed by atoms with E-state index in [1.165, 1.54) is 9.90 Å². The van der Waals surface area contributed by atoms with Crippen molar-refractivity contribution in [2.75, 3.05) is 24.1 Å². The van der Waals surface area contributed by atoms with E-state index in [1.807, 2.05) is 47.5 Å².